The third-order valence-corrected chi connectivity index (χ3v) is 5.40. The Balaban J connectivity index is 1.63. The highest BCUT2D eigenvalue weighted by Gasteiger charge is 2.61. The summed E-state index contributed by atoms with van der Waals surface area (Å²) in [4.78, 5) is 12.2. The van der Waals surface area contributed by atoms with Gasteiger partial charge in [0, 0.05) is 18.9 Å². The number of benzene rings is 1. The third kappa shape index (κ3) is 2.03. The first-order valence-corrected chi connectivity index (χ1v) is 7.90. The highest BCUT2D eigenvalue weighted by atomic mass is 16.2. The molecule has 4 unspecified atom stereocenters. The number of hydrazone groups is 1. The second-order valence-electron chi connectivity index (χ2n) is 6.58. The van der Waals surface area contributed by atoms with Crippen molar-refractivity contribution in [1.29, 1.82) is 0 Å². The molecule has 108 valence electrons. The topological polar surface area (TPSA) is 32.1 Å². The molecule has 2 bridgehead atoms. The molecule has 3 aliphatic rings. The SMILES string of the molecule is CC(C=Cc1ccccc1)=[N+]1NC(=O)C2C3CCC(C3)C21. The van der Waals surface area contributed by atoms with Gasteiger partial charge in [-0.1, -0.05) is 30.3 Å². The Morgan fingerprint density at radius 2 is 2.00 bits per heavy atom. The zero-order chi connectivity index (χ0) is 14.4. The zero-order valence-corrected chi connectivity index (χ0v) is 12.3. The summed E-state index contributed by atoms with van der Waals surface area (Å²) < 4.78 is 2.14. The van der Waals surface area contributed by atoms with Gasteiger partial charge in [-0.15, -0.1) is 10.1 Å². The van der Waals surface area contributed by atoms with E-state index < -0.39 is 0 Å². The van der Waals surface area contributed by atoms with Crippen LogP contribution in [0.25, 0.3) is 6.08 Å². The molecule has 21 heavy (non-hydrogen) atoms. The Bertz CT molecular complexity index is 632. The zero-order valence-electron chi connectivity index (χ0n) is 12.3. The van der Waals surface area contributed by atoms with Crippen molar-refractivity contribution in [1.82, 2.24) is 5.43 Å². The van der Waals surface area contributed by atoms with Gasteiger partial charge in [0.2, 0.25) is 5.71 Å². The standard InChI is InChI=1S/C18H20N2O/c1-12(7-8-13-5-3-2-4-6-13)20-17-15-10-9-14(11-15)16(17)18(21)19-20/h2-8,14-17H,9-11H2,1H3/p+1. The Labute approximate surface area is 125 Å². The van der Waals surface area contributed by atoms with Gasteiger partial charge in [-0.3, -0.25) is 4.79 Å². The normalized spacial score (nSPS) is 36.1. The molecule has 0 spiro atoms. The number of fused-ring (bicyclic) bond motifs is 5. The summed E-state index contributed by atoms with van der Waals surface area (Å²) in [5.74, 6) is 1.78. The van der Waals surface area contributed by atoms with Crippen molar-refractivity contribution in [2.45, 2.75) is 32.2 Å². The molecule has 3 heteroatoms. The van der Waals surface area contributed by atoms with E-state index in [1.165, 1.54) is 24.8 Å². The predicted octanol–water partition coefficient (Wildman–Crippen LogP) is 2.63. The minimum absolute atomic E-state index is 0.226. The fourth-order valence-corrected chi connectivity index (χ4v) is 4.45. The van der Waals surface area contributed by atoms with Crippen molar-refractivity contribution in [3.8, 4) is 0 Å². The quantitative estimate of drug-likeness (QED) is 0.830. The van der Waals surface area contributed by atoms with Crippen LogP contribution in [0.1, 0.15) is 31.7 Å². The van der Waals surface area contributed by atoms with Gasteiger partial charge in [0.05, 0.1) is 0 Å². The number of rotatable bonds is 2. The van der Waals surface area contributed by atoms with Crippen LogP contribution in [0, 0.1) is 17.8 Å². The summed E-state index contributed by atoms with van der Waals surface area (Å²) in [5.41, 5.74) is 5.42. The van der Waals surface area contributed by atoms with Crippen LogP contribution in [0.2, 0.25) is 0 Å². The van der Waals surface area contributed by atoms with E-state index in [0.717, 1.165) is 5.71 Å². The first kappa shape index (κ1) is 12.8. The minimum atomic E-state index is 0.226. The molecule has 1 aromatic carbocycles. The van der Waals surface area contributed by atoms with Crippen molar-refractivity contribution in [2.75, 3.05) is 0 Å². The first-order valence-electron chi connectivity index (χ1n) is 7.90. The molecule has 1 saturated heterocycles. The second-order valence-corrected chi connectivity index (χ2v) is 6.58. The maximum atomic E-state index is 12.2. The summed E-state index contributed by atoms with van der Waals surface area (Å²) in [6.45, 7) is 2.09. The van der Waals surface area contributed by atoms with E-state index in [9.17, 15) is 4.79 Å². The lowest BCUT2D eigenvalue weighted by Crippen LogP contribution is -2.36. The van der Waals surface area contributed by atoms with Crippen LogP contribution in [0.4, 0.5) is 0 Å². The van der Waals surface area contributed by atoms with Crippen LogP contribution in [0.15, 0.2) is 36.4 Å². The summed E-state index contributed by atoms with van der Waals surface area (Å²) in [7, 11) is 0. The lowest BCUT2D eigenvalue weighted by molar-refractivity contribution is -0.602. The summed E-state index contributed by atoms with van der Waals surface area (Å²) in [5, 5.41) is 0. The maximum absolute atomic E-state index is 12.2. The molecule has 4 atom stereocenters. The van der Waals surface area contributed by atoms with E-state index in [1.54, 1.807) is 0 Å². The Morgan fingerprint density at radius 3 is 2.81 bits per heavy atom. The molecule has 0 aromatic heterocycles. The molecule has 4 rings (SSSR count). The lowest BCUT2D eigenvalue weighted by Gasteiger charge is -2.17. The second kappa shape index (κ2) is 4.83. The summed E-state index contributed by atoms with van der Waals surface area (Å²) in [6, 6.07) is 10.7. The number of carbonyl (C=O) groups is 1. The Hall–Kier alpha value is -1.90. The Kier molecular flexibility index (Phi) is 2.95. The van der Waals surface area contributed by atoms with Gasteiger partial charge in [-0.25, -0.2) is 0 Å². The molecular formula is C18H21N2O+. The van der Waals surface area contributed by atoms with Crippen molar-refractivity contribution < 1.29 is 9.48 Å². The van der Waals surface area contributed by atoms with Crippen molar-refractivity contribution >= 4 is 17.7 Å². The molecule has 1 aliphatic heterocycles. The molecule has 3 nitrogen and oxygen atoms in total. The van der Waals surface area contributed by atoms with E-state index in [2.05, 4.69) is 41.3 Å². The average molecular weight is 281 g/mol. The van der Waals surface area contributed by atoms with Crippen LogP contribution < -0.4 is 5.43 Å². The number of nitrogens with one attached hydrogen (secondary N) is 1. The molecule has 1 heterocycles. The van der Waals surface area contributed by atoms with Gasteiger partial charge in [0.15, 0.2) is 6.04 Å². The fraction of sp³-hybridized carbons (Fsp3) is 0.444. The van der Waals surface area contributed by atoms with Gasteiger partial charge in [0.25, 0.3) is 5.91 Å². The van der Waals surface area contributed by atoms with Crippen LogP contribution in [0.3, 0.4) is 0 Å². The average Bonchev–Trinajstić information content (AvgIpc) is 3.19. The molecule has 2 aliphatic carbocycles. The van der Waals surface area contributed by atoms with Gasteiger partial charge in [0.1, 0.15) is 5.92 Å². The molecule has 1 amide bonds. The lowest BCUT2D eigenvalue weighted by atomic mass is 9.85. The van der Waals surface area contributed by atoms with Crippen LogP contribution >= 0.6 is 0 Å². The predicted molar refractivity (Wildman–Crippen MR) is 82.7 cm³/mol. The Morgan fingerprint density at radius 1 is 1.24 bits per heavy atom. The number of amides is 1. The number of hydrogen-bond donors (Lipinski definition) is 1. The fourth-order valence-electron chi connectivity index (χ4n) is 4.45. The molecule has 1 aromatic rings. The third-order valence-electron chi connectivity index (χ3n) is 5.40. The van der Waals surface area contributed by atoms with Crippen molar-refractivity contribution in [2.24, 2.45) is 17.8 Å². The van der Waals surface area contributed by atoms with Crippen molar-refractivity contribution in [3.63, 3.8) is 0 Å². The smallest absolute Gasteiger partial charge is 0.269 e. The van der Waals surface area contributed by atoms with Crippen LogP contribution in [-0.2, 0) is 4.79 Å². The minimum Gasteiger partial charge on any atom is -0.269 e. The summed E-state index contributed by atoms with van der Waals surface area (Å²) in [6.07, 6.45) is 8.00. The molecule has 1 N–H and O–H groups in total. The largest absolute Gasteiger partial charge is 0.284 e. The molecule has 3 fully saturated rings. The van der Waals surface area contributed by atoms with Crippen molar-refractivity contribution in [3.05, 3.63) is 42.0 Å². The number of allylic oxidation sites excluding steroid dienone is 1. The molecule has 2 saturated carbocycles. The van der Waals surface area contributed by atoms with Gasteiger partial charge < -0.3 is 0 Å². The highest BCUT2D eigenvalue weighted by Crippen LogP contribution is 2.51. The number of hydrazine groups is 1. The molecular weight excluding hydrogens is 260 g/mol. The van der Waals surface area contributed by atoms with Gasteiger partial charge in [-0.2, -0.15) is 0 Å². The van der Waals surface area contributed by atoms with E-state index >= 15 is 0 Å². The first-order chi connectivity index (χ1) is 10.2. The van der Waals surface area contributed by atoms with E-state index in [0.29, 0.717) is 17.9 Å². The van der Waals surface area contributed by atoms with Gasteiger partial charge >= 0.3 is 0 Å². The number of hydrogen-bond acceptors (Lipinski definition) is 1. The van der Waals surface area contributed by atoms with E-state index in [1.807, 2.05) is 18.2 Å². The van der Waals surface area contributed by atoms with E-state index in [-0.39, 0.29) is 11.8 Å². The maximum Gasteiger partial charge on any atom is 0.284 e. The highest BCUT2D eigenvalue weighted by molar-refractivity contribution is 5.93. The monoisotopic (exact) mass is 281 g/mol. The van der Waals surface area contributed by atoms with Gasteiger partial charge in [-0.05, 0) is 36.8 Å². The van der Waals surface area contributed by atoms with Crippen LogP contribution in [-0.4, -0.2) is 22.3 Å². The van der Waals surface area contributed by atoms with E-state index in [4.69, 9.17) is 0 Å². The molecule has 0 radical (unpaired) electrons. The number of carbonyl (C=O) groups excluding carboxylic acids is 1. The van der Waals surface area contributed by atoms with Crippen LogP contribution in [0.5, 0.6) is 0 Å². The summed E-state index contributed by atoms with van der Waals surface area (Å²) >= 11 is 0. The number of nitrogens with zero attached hydrogens (tertiary/aromatic N) is 1.